The van der Waals surface area contributed by atoms with Crippen molar-refractivity contribution in [2.45, 2.75) is 32.1 Å². The average molecular weight is 153 g/mol. The largest absolute Gasteiger partial charge is 0.313 e. The summed E-state index contributed by atoms with van der Waals surface area (Å²) in [5.41, 5.74) is 0. The summed E-state index contributed by atoms with van der Waals surface area (Å²) in [5, 5.41) is 3.31. The summed E-state index contributed by atoms with van der Waals surface area (Å²) in [7, 11) is 0. The first-order valence-corrected chi connectivity index (χ1v) is 4.75. The van der Waals surface area contributed by atoms with Crippen LogP contribution >= 0.6 is 0 Å². The third-order valence-electron chi connectivity index (χ3n) is 2.20. The van der Waals surface area contributed by atoms with Crippen LogP contribution in [0.4, 0.5) is 0 Å². The van der Waals surface area contributed by atoms with Crippen molar-refractivity contribution in [1.29, 1.82) is 0 Å². The van der Waals surface area contributed by atoms with Crippen LogP contribution in [0.3, 0.4) is 0 Å². The van der Waals surface area contributed by atoms with Crippen molar-refractivity contribution < 1.29 is 0 Å². The second kappa shape index (κ2) is 5.36. The Morgan fingerprint density at radius 3 is 2.82 bits per heavy atom. The molecule has 0 aromatic rings. The zero-order chi connectivity index (χ0) is 7.94. The molecule has 0 unspecified atom stereocenters. The maximum atomic E-state index is 3.65. The molecule has 0 amide bonds. The minimum Gasteiger partial charge on any atom is -0.313 e. The number of nitrogens with one attached hydrogen (secondary N) is 1. The normalized spacial score (nSPS) is 16.7. The van der Waals surface area contributed by atoms with Crippen LogP contribution in [0.15, 0.2) is 12.7 Å². The van der Waals surface area contributed by atoms with Crippen molar-refractivity contribution in [3.63, 3.8) is 0 Å². The van der Waals surface area contributed by atoms with E-state index in [1.54, 1.807) is 0 Å². The van der Waals surface area contributed by atoms with Gasteiger partial charge in [0.05, 0.1) is 0 Å². The topological polar surface area (TPSA) is 12.0 Å². The third kappa shape index (κ3) is 5.02. The van der Waals surface area contributed by atoms with Crippen molar-refractivity contribution >= 4 is 0 Å². The fraction of sp³-hybridized carbons (Fsp3) is 0.800. The summed E-state index contributed by atoms with van der Waals surface area (Å²) in [4.78, 5) is 0. The van der Waals surface area contributed by atoms with Crippen molar-refractivity contribution in [1.82, 2.24) is 5.32 Å². The van der Waals surface area contributed by atoms with Gasteiger partial charge in [0, 0.05) is 6.54 Å². The molecule has 1 aliphatic rings. The number of hydrogen-bond acceptors (Lipinski definition) is 1. The molecule has 1 N–H and O–H groups in total. The van der Waals surface area contributed by atoms with Gasteiger partial charge >= 0.3 is 0 Å². The predicted molar refractivity (Wildman–Crippen MR) is 49.6 cm³/mol. The summed E-state index contributed by atoms with van der Waals surface area (Å²) in [6.07, 6.45) is 9.13. The molecule has 1 aliphatic carbocycles. The van der Waals surface area contributed by atoms with E-state index < -0.39 is 0 Å². The van der Waals surface area contributed by atoms with Gasteiger partial charge in [-0.05, 0) is 18.9 Å². The summed E-state index contributed by atoms with van der Waals surface area (Å²) < 4.78 is 0. The van der Waals surface area contributed by atoms with Crippen LogP contribution in [0.5, 0.6) is 0 Å². The predicted octanol–water partition coefficient (Wildman–Crippen LogP) is 2.34. The van der Waals surface area contributed by atoms with E-state index in [0.29, 0.717) is 0 Å². The molecule has 11 heavy (non-hydrogen) atoms. The Hall–Kier alpha value is -0.300. The lowest BCUT2D eigenvalue weighted by atomic mass is 10.2. The number of unbranched alkanes of at least 4 members (excludes halogenated alkanes) is 1. The van der Waals surface area contributed by atoms with Crippen molar-refractivity contribution in [3.8, 4) is 0 Å². The average Bonchev–Trinajstić information content (AvgIpc) is 2.80. The zero-order valence-corrected chi connectivity index (χ0v) is 7.31. The third-order valence-corrected chi connectivity index (χ3v) is 2.20. The molecule has 0 spiro atoms. The highest BCUT2D eigenvalue weighted by molar-refractivity contribution is 4.73. The van der Waals surface area contributed by atoms with Gasteiger partial charge in [0.15, 0.2) is 0 Å². The first-order valence-electron chi connectivity index (χ1n) is 4.75. The Kier molecular flexibility index (Phi) is 4.29. The molecule has 0 saturated heterocycles. The van der Waals surface area contributed by atoms with Crippen LogP contribution in [0.1, 0.15) is 32.1 Å². The number of hydrogen-bond donors (Lipinski definition) is 1. The zero-order valence-electron chi connectivity index (χ0n) is 7.31. The quantitative estimate of drug-likeness (QED) is 0.437. The molecule has 0 radical (unpaired) electrons. The van der Waals surface area contributed by atoms with Gasteiger partial charge in [0.25, 0.3) is 0 Å². The first kappa shape index (κ1) is 8.79. The van der Waals surface area contributed by atoms with Crippen LogP contribution < -0.4 is 5.32 Å². The minimum absolute atomic E-state index is 0.962. The Balaban J connectivity index is 1.69. The van der Waals surface area contributed by atoms with Gasteiger partial charge in [0.1, 0.15) is 0 Å². The fourth-order valence-electron chi connectivity index (χ4n) is 1.29. The van der Waals surface area contributed by atoms with Crippen molar-refractivity contribution in [2.75, 3.05) is 13.1 Å². The smallest absolute Gasteiger partial charge is 0.0132 e. The number of rotatable bonds is 7. The van der Waals surface area contributed by atoms with Gasteiger partial charge in [-0.15, -0.1) is 6.58 Å². The van der Waals surface area contributed by atoms with Crippen LogP contribution in [0, 0.1) is 5.92 Å². The van der Waals surface area contributed by atoms with E-state index in [4.69, 9.17) is 0 Å². The SMILES string of the molecule is C=CCNCCCCC1CC1. The van der Waals surface area contributed by atoms with Gasteiger partial charge in [0.2, 0.25) is 0 Å². The summed E-state index contributed by atoms with van der Waals surface area (Å²) in [6, 6.07) is 0. The second-order valence-electron chi connectivity index (χ2n) is 3.43. The van der Waals surface area contributed by atoms with Crippen molar-refractivity contribution in [2.24, 2.45) is 5.92 Å². The van der Waals surface area contributed by atoms with Crippen LogP contribution in [0.25, 0.3) is 0 Å². The molecule has 0 aromatic carbocycles. The molecule has 0 atom stereocenters. The van der Waals surface area contributed by atoms with E-state index in [1.165, 1.54) is 38.6 Å². The maximum absolute atomic E-state index is 3.65. The van der Waals surface area contributed by atoms with Crippen LogP contribution in [0.2, 0.25) is 0 Å². The van der Waals surface area contributed by atoms with Gasteiger partial charge < -0.3 is 5.32 Å². The first-order chi connectivity index (χ1) is 5.43. The standard InChI is InChI=1S/C10H19N/c1-2-8-11-9-4-3-5-10-6-7-10/h2,10-11H,1,3-9H2. The molecule has 1 rings (SSSR count). The van der Waals surface area contributed by atoms with E-state index in [9.17, 15) is 0 Å². The highest BCUT2D eigenvalue weighted by atomic mass is 14.8. The van der Waals surface area contributed by atoms with Gasteiger partial charge in [-0.3, -0.25) is 0 Å². The van der Waals surface area contributed by atoms with Crippen LogP contribution in [-0.2, 0) is 0 Å². The maximum Gasteiger partial charge on any atom is 0.0132 e. The molecule has 1 heteroatoms. The lowest BCUT2D eigenvalue weighted by Gasteiger charge is -2.00. The summed E-state index contributed by atoms with van der Waals surface area (Å²) >= 11 is 0. The van der Waals surface area contributed by atoms with Crippen molar-refractivity contribution in [3.05, 3.63) is 12.7 Å². The molecule has 0 heterocycles. The van der Waals surface area contributed by atoms with E-state index in [-0.39, 0.29) is 0 Å². The molecule has 0 bridgehead atoms. The van der Waals surface area contributed by atoms with E-state index in [1.807, 2.05) is 6.08 Å². The Labute approximate surface area is 69.9 Å². The molecule has 0 aromatic heterocycles. The van der Waals surface area contributed by atoms with E-state index in [2.05, 4.69) is 11.9 Å². The molecular weight excluding hydrogens is 134 g/mol. The van der Waals surface area contributed by atoms with E-state index in [0.717, 1.165) is 12.5 Å². The Morgan fingerprint density at radius 1 is 1.36 bits per heavy atom. The minimum atomic E-state index is 0.962. The molecule has 64 valence electrons. The molecule has 1 saturated carbocycles. The molecule has 1 fully saturated rings. The van der Waals surface area contributed by atoms with Crippen LogP contribution in [-0.4, -0.2) is 13.1 Å². The van der Waals surface area contributed by atoms with Gasteiger partial charge in [-0.25, -0.2) is 0 Å². The Morgan fingerprint density at radius 2 is 2.18 bits per heavy atom. The second-order valence-corrected chi connectivity index (χ2v) is 3.43. The Bertz CT molecular complexity index is 105. The van der Waals surface area contributed by atoms with Gasteiger partial charge in [-0.1, -0.05) is 31.8 Å². The highest BCUT2D eigenvalue weighted by Crippen LogP contribution is 2.33. The summed E-state index contributed by atoms with van der Waals surface area (Å²) in [6.45, 7) is 5.78. The molecular formula is C10H19N. The molecule has 1 nitrogen and oxygen atoms in total. The summed E-state index contributed by atoms with van der Waals surface area (Å²) in [5.74, 6) is 1.11. The lowest BCUT2D eigenvalue weighted by Crippen LogP contribution is -2.14. The fourth-order valence-corrected chi connectivity index (χ4v) is 1.29. The van der Waals surface area contributed by atoms with E-state index >= 15 is 0 Å². The highest BCUT2D eigenvalue weighted by Gasteiger charge is 2.19. The molecule has 0 aliphatic heterocycles. The lowest BCUT2D eigenvalue weighted by molar-refractivity contribution is 0.596. The van der Waals surface area contributed by atoms with Gasteiger partial charge in [-0.2, -0.15) is 0 Å². The monoisotopic (exact) mass is 153 g/mol.